The molecule has 1 aromatic carbocycles. The normalized spacial score (nSPS) is 11.4. The zero-order valence-electron chi connectivity index (χ0n) is 8.95. The summed E-state index contributed by atoms with van der Waals surface area (Å²) < 4.78 is 29.3. The van der Waals surface area contributed by atoms with Crippen molar-refractivity contribution in [1.82, 2.24) is 4.98 Å². The molecule has 2 rings (SSSR count). The number of hydrogen-bond donors (Lipinski definition) is 1. The number of sulfone groups is 1. The summed E-state index contributed by atoms with van der Waals surface area (Å²) in [5, 5.41) is 0.233. The summed E-state index contributed by atoms with van der Waals surface area (Å²) in [6, 6.07) is 6.17. The molecule has 0 fully saturated rings. The third kappa shape index (κ3) is 2.25. The first kappa shape index (κ1) is 11.9. The zero-order valence-corrected chi connectivity index (χ0v) is 10.6. The topological polar surface area (TPSA) is 82.3 Å². The van der Waals surface area contributed by atoms with Gasteiger partial charge in [0.15, 0.2) is 5.13 Å². The molecule has 0 amide bonds. The fourth-order valence-corrected chi connectivity index (χ4v) is 3.59. The van der Waals surface area contributed by atoms with Crippen LogP contribution in [0.1, 0.15) is 0 Å². The predicted octanol–water partition coefficient (Wildman–Crippen LogP) is 1.57. The molecule has 0 spiro atoms. The monoisotopic (exact) mass is 270 g/mol. The molecule has 0 unspecified atom stereocenters. The number of anilines is 1. The Balaban J connectivity index is 2.44. The molecule has 90 valence electrons. The molecule has 2 N–H and O–H groups in total. The summed E-state index contributed by atoms with van der Waals surface area (Å²) in [6.45, 7) is 0. The maximum Gasteiger partial charge on any atom is 0.217 e. The summed E-state index contributed by atoms with van der Waals surface area (Å²) in [4.78, 5) is 3.93. The van der Waals surface area contributed by atoms with E-state index < -0.39 is 9.84 Å². The van der Waals surface area contributed by atoms with Crippen LogP contribution in [0.25, 0.3) is 0 Å². The lowest BCUT2D eigenvalue weighted by atomic mass is 10.3. The van der Waals surface area contributed by atoms with Gasteiger partial charge in [-0.1, -0.05) is 11.3 Å². The van der Waals surface area contributed by atoms with Gasteiger partial charge in [-0.15, -0.1) is 0 Å². The molecule has 0 bridgehead atoms. The molecule has 0 radical (unpaired) electrons. The van der Waals surface area contributed by atoms with Crippen LogP contribution in [0.5, 0.6) is 5.75 Å². The van der Waals surface area contributed by atoms with Gasteiger partial charge in [0.2, 0.25) is 9.84 Å². The lowest BCUT2D eigenvalue weighted by Gasteiger charge is -2.02. The van der Waals surface area contributed by atoms with E-state index >= 15 is 0 Å². The molecule has 0 aliphatic carbocycles. The first-order chi connectivity index (χ1) is 8.04. The van der Waals surface area contributed by atoms with Gasteiger partial charge in [0.25, 0.3) is 0 Å². The van der Waals surface area contributed by atoms with E-state index in [2.05, 4.69) is 4.98 Å². The molecule has 0 saturated heterocycles. The smallest absolute Gasteiger partial charge is 0.217 e. The van der Waals surface area contributed by atoms with Crippen LogP contribution in [0.15, 0.2) is 39.6 Å². The van der Waals surface area contributed by atoms with Crippen molar-refractivity contribution in [3.8, 4) is 5.75 Å². The average Bonchev–Trinajstić information content (AvgIpc) is 2.77. The molecule has 1 heterocycles. The minimum atomic E-state index is -3.52. The fourth-order valence-electron chi connectivity index (χ4n) is 1.27. The highest BCUT2D eigenvalue weighted by Gasteiger charge is 2.20. The van der Waals surface area contributed by atoms with Gasteiger partial charge in [0.1, 0.15) is 9.96 Å². The van der Waals surface area contributed by atoms with E-state index in [1.165, 1.54) is 25.4 Å². The Morgan fingerprint density at radius 2 is 1.94 bits per heavy atom. The summed E-state index contributed by atoms with van der Waals surface area (Å²) in [6.07, 6.45) is 1.26. The molecule has 17 heavy (non-hydrogen) atoms. The van der Waals surface area contributed by atoms with Crippen molar-refractivity contribution in [2.24, 2.45) is 0 Å². The Kier molecular flexibility index (Phi) is 3.03. The molecule has 0 aliphatic heterocycles. The van der Waals surface area contributed by atoms with Gasteiger partial charge in [-0.3, -0.25) is 0 Å². The predicted molar refractivity (Wildman–Crippen MR) is 65.0 cm³/mol. The highest BCUT2D eigenvalue weighted by atomic mass is 32.2. The number of nitrogen functional groups attached to an aromatic ring is 1. The van der Waals surface area contributed by atoms with Gasteiger partial charge in [0.05, 0.1) is 18.2 Å². The minimum absolute atomic E-state index is 0.139. The van der Waals surface area contributed by atoms with Crippen LogP contribution in [0, 0.1) is 0 Å². The van der Waals surface area contributed by atoms with Gasteiger partial charge in [-0.25, -0.2) is 13.4 Å². The SMILES string of the molecule is COc1ccc(S(=O)(=O)c2cnc(N)s2)cc1. The van der Waals surface area contributed by atoms with E-state index in [1.54, 1.807) is 12.1 Å². The van der Waals surface area contributed by atoms with Gasteiger partial charge in [0, 0.05) is 0 Å². The second-order valence-electron chi connectivity index (χ2n) is 3.20. The third-order valence-electron chi connectivity index (χ3n) is 2.14. The number of nitrogens with zero attached hydrogens (tertiary/aromatic N) is 1. The molecule has 7 heteroatoms. The van der Waals surface area contributed by atoms with Crippen LogP contribution >= 0.6 is 11.3 Å². The Morgan fingerprint density at radius 3 is 2.41 bits per heavy atom. The Morgan fingerprint density at radius 1 is 1.29 bits per heavy atom. The number of nitrogens with two attached hydrogens (primary N) is 1. The van der Waals surface area contributed by atoms with Crippen molar-refractivity contribution in [2.75, 3.05) is 12.8 Å². The van der Waals surface area contributed by atoms with Crippen molar-refractivity contribution in [3.05, 3.63) is 30.5 Å². The Bertz CT molecular complexity index is 617. The second-order valence-corrected chi connectivity index (χ2v) is 6.44. The quantitative estimate of drug-likeness (QED) is 0.915. The Hall–Kier alpha value is -1.60. The third-order valence-corrected chi connectivity index (χ3v) is 5.19. The highest BCUT2D eigenvalue weighted by molar-refractivity contribution is 7.93. The standard InChI is InChI=1S/C10H10N2O3S2/c1-15-7-2-4-8(5-3-7)17(13,14)9-6-12-10(11)16-9/h2-6H,1H3,(H2,11,12). The largest absolute Gasteiger partial charge is 0.497 e. The average molecular weight is 270 g/mol. The molecule has 5 nitrogen and oxygen atoms in total. The molecule has 1 aromatic heterocycles. The lowest BCUT2D eigenvalue weighted by molar-refractivity contribution is 0.414. The van der Waals surface area contributed by atoms with E-state index in [0.717, 1.165) is 11.3 Å². The van der Waals surface area contributed by atoms with Crippen LogP contribution in [0.3, 0.4) is 0 Å². The lowest BCUT2D eigenvalue weighted by Crippen LogP contribution is -1.99. The summed E-state index contributed by atoms with van der Waals surface area (Å²) in [7, 11) is -2.00. The first-order valence-electron chi connectivity index (χ1n) is 4.64. The van der Waals surface area contributed by atoms with Gasteiger partial charge in [-0.05, 0) is 24.3 Å². The number of rotatable bonds is 3. The van der Waals surface area contributed by atoms with Crippen LogP contribution < -0.4 is 10.5 Å². The van der Waals surface area contributed by atoms with Gasteiger partial charge in [-0.2, -0.15) is 0 Å². The molecule has 0 atom stereocenters. The van der Waals surface area contributed by atoms with E-state index in [9.17, 15) is 8.42 Å². The fraction of sp³-hybridized carbons (Fsp3) is 0.100. The molecular formula is C10H10N2O3S2. The van der Waals surface area contributed by atoms with Crippen LogP contribution in [0.4, 0.5) is 5.13 Å². The van der Waals surface area contributed by atoms with E-state index in [-0.39, 0.29) is 14.2 Å². The molecule has 0 saturated carbocycles. The Labute approximate surface area is 103 Å². The van der Waals surface area contributed by atoms with Crippen molar-refractivity contribution in [2.45, 2.75) is 9.10 Å². The van der Waals surface area contributed by atoms with Crippen molar-refractivity contribution in [3.63, 3.8) is 0 Å². The summed E-state index contributed by atoms with van der Waals surface area (Å²) in [5.74, 6) is 0.604. The van der Waals surface area contributed by atoms with Gasteiger partial charge >= 0.3 is 0 Å². The van der Waals surface area contributed by atoms with Crippen molar-refractivity contribution < 1.29 is 13.2 Å². The van der Waals surface area contributed by atoms with E-state index in [0.29, 0.717) is 5.75 Å². The van der Waals surface area contributed by atoms with Crippen LogP contribution in [-0.4, -0.2) is 20.5 Å². The number of benzene rings is 1. The van der Waals surface area contributed by atoms with Crippen LogP contribution in [0.2, 0.25) is 0 Å². The van der Waals surface area contributed by atoms with Crippen LogP contribution in [-0.2, 0) is 9.84 Å². The highest BCUT2D eigenvalue weighted by Crippen LogP contribution is 2.27. The van der Waals surface area contributed by atoms with Gasteiger partial charge < -0.3 is 10.5 Å². The van der Waals surface area contributed by atoms with E-state index in [4.69, 9.17) is 10.5 Å². The number of hydrogen-bond acceptors (Lipinski definition) is 6. The second kappa shape index (κ2) is 4.34. The number of aromatic nitrogens is 1. The molecular weight excluding hydrogens is 260 g/mol. The summed E-state index contributed by atoms with van der Waals surface area (Å²) in [5.41, 5.74) is 5.42. The van der Waals surface area contributed by atoms with E-state index in [1.807, 2.05) is 0 Å². The molecule has 0 aliphatic rings. The maximum absolute atomic E-state index is 12.1. The minimum Gasteiger partial charge on any atom is -0.497 e. The van der Waals surface area contributed by atoms with Crippen molar-refractivity contribution in [1.29, 1.82) is 0 Å². The summed E-state index contributed by atoms with van der Waals surface area (Å²) >= 11 is 0.947. The van der Waals surface area contributed by atoms with Crippen molar-refractivity contribution >= 4 is 26.3 Å². The number of methoxy groups -OCH3 is 1. The maximum atomic E-state index is 12.1. The number of ether oxygens (including phenoxy) is 1. The first-order valence-corrected chi connectivity index (χ1v) is 6.94. The zero-order chi connectivity index (χ0) is 12.5. The number of thiazole rings is 1. The molecule has 2 aromatic rings.